The Morgan fingerprint density at radius 2 is 1.61 bits per heavy atom. The van der Waals surface area contributed by atoms with Crippen LogP contribution in [0.5, 0.6) is 5.75 Å². The Morgan fingerprint density at radius 3 is 2.09 bits per heavy atom. The number of hydrogen-bond donors (Lipinski definition) is 2. The Balaban J connectivity index is 2.38. The lowest BCUT2D eigenvalue weighted by molar-refractivity contribution is 0.0944. The van der Waals surface area contributed by atoms with Crippen molar-refractivity contribution in [2.45, 2.75) is 72.4 Å². The van der Waals surface area contributed by atoms with Crippen molar-refractivity contribution in [3.8, 4) is 5.75 Å². The highest BCUT2D eigenvalue weighted by Gasteiger charge is 2.25. The first-order chi connectivity index (χ1) is 10.5. The number of aliphatic hydroxyl groups is 1. The van der Waals surface area contributed by atoms with Gasteiger partial charge in [-0.1, -0.05) is 46.8 Å². The standard InChI is InChI=1S/C20H35NO2/c1-15(2)16-8-10-18(11-9-16)23-13-17(22)12-21-20(6,7)14-19(3,4)5/h8-11,15,17,21-22H,12-14H2,1-7H3. The second-order valence-electron chi connectivity index (χ2n) is 8.69. The molecule has 1 aromatic carbocycles. The van der Waals surface area contributed by atoms with Crippen molar-refractivity contribution in [3.63, 3.8) is 0 Å². The van der Waals surface area contributed by atoms with E-state index in [4.69, 9.17) is 4.74 Å². The normalized spacial score (nSPS) is 14.1. The average molecular weight is 322 g/mol. The van der Waals surface area contributed by atoms with Gasteiger partial charge in [-0.05, 0) is 49.3 Å². The van der Waals surface area contributed by atoms with Gasteiger partial charge >= 0.3 is 0 Å². The third-order valence-corrected chi connectivity index (χ3v) is 3.78. The van der Waals surface area contributed by atoms with Crippen LogP contribution in [0, 0.1) is 5.41 Å². The highest BCUT2D eigenvalue weighted by Crippen LogP contribution is 2.26. The summed E-state index contributed by atoms with van der Waals surface area (Å²) in [5.41, 5.74) is 1.55. The molecule has 0 aromatic heterocycles. The molecular formula is C20H35NO2. The largest absolute Gasteiger partial charge is 0.491 e. The maximum atomic E-state index is 10.1. The van der Waals surface area contributed by atoms with Crippen LogP contribution >= 0.6 is 0 Å². The minimum atomic E-state index is -0.515. The van der Waals surface area contributed by atoms with E-state index in [1.807, 2.05) is 12.1 Å². The van der Waals surface area contributed by atoms with Gasteiger partial charge in [0.2, 0.25) is 0 Å². The summed E-state index contributed by atoms with van der Waals surface area (Å²) < 4.78 is 5.68. The van der Waals surface area contributed by atoms with Crippen LogP contribution in [-0.4, -0.2) is 29.9 Å². The topological polar surface area (TPSA) is 41.5 Å². The van der Waals surface area contributed by atoms with Crippen molar-refractivity contribution in [2.24, 2.45) is 5.41 Å². The second-order valence-corrected chi connectivity index (χ2v) is 8.69. The molecule has 1 aromatic rings. The molecule has 0 aliphatic heterocycles. The Hall–Kier alpha value is -1.06. The number of β-amino-alcohol motifs (C(OH)–C–C–N with tert-alkyl or cyclic N) is 1. The van der Waals surface area contributed by atoms with Gasteiger partial charge in [0.05, 0.1) is 0 Å². The molecule has 0 aliphatic carbocycles. The molecule has 0 saturated carbocycles. The molecular weight excluding hydrogens is 286 g/mol. The van der Waals surface area contributed by atoms with Gasteiger partial charge in [-0.2, -0.15) is 0 Å². The molecule has 0 aliphatic rings. The Bertz CT molecular complexity index is 458. The lowest BCUT2D eigenvalue weighted by Gasteiger charge is -2.34. The smallest absolute Gasteiger partial charge is 0.119 e. The molecule has 1 rings (SSSR count). The van der Waals surface area contributed by atoms with E-state index in [9.17, 15) is 5.11 Å². The molecule has 3 nitrogen and oxygen atoms in total. The Morgan fingerprint density at radius 1 is 1.04 bits per heavy atom. The first-order valence-electron chi connectivity index (χ1n) is 8.64. The van der Waals surface area contributed by atoms with Gasteiger partial charge in [-0.25, -0.2) is 0 Å². The summed E-state index contributed by atoms with van der Waals surface area (Å²) in [5.74, 6) is 1.33. The van der Waals surface area contributed by atoms with Gasteiger partial charge in [-0.15, -0.1) is 0 Å². The number of hydrogen-bond acceptors (Lipinski definition) is 3. The molecule has 0 saturated heterocycles. The fourth-order valence-electron chi connectivity index (χ4n) is 2.98. The quantitative estimate of drug-likeness (QED) is 0.748. The first kappa shape index (κ1) is 20.0. The van der Waals surface area contributed by atoms with Crippen molar-refractivity contribution in [2.75, 3.05) is 13.2 Å². The van der Waals surface area contributed by atoms with Crippen LogP contribution < -0.4 is 10.1 Å². The van der Waals surface area contributed by atoms with Crippen LogP contribution in [-0.2, 0) is 0 Å². The average Bonchev–Trinajstić information content (AvgIpc) is 2.41. The van der Waals surface area contributed by atoms with Crippen molar-refractivity contribution < 1.29 is 9.84 Å². The minimum absolute atomic E-state index is 0.00184. The van der Waals surface area contributed by atoms with Gasteiger partial charge in [0.25, 0.3) is 0 Å². The molecule has 0 bridgehead atoms. The maximum Gasteiger partial charge on any atom is 0.119 e. The van der Waals surface area contributed by atoms with E-state index < -0.39 is 6.10 Å². The van der Waals surface area contributed by atoms with Gasteiger partial charge in [-0.3, -0.25) is 0 Å². The van der Waals surface area contributed by atoms with E-state index in [2.05, 4.69) is 65.9 Å². The van der Waals surface area contributed by atoms with Gasteiger partial charge < -0.3 is 15.2 Å². The maximum absolute atomic E-state index is 10.1. The van der Waals surface area contributed by atoms with Crippen LogP contribution in [0.15, 0.2) is 24.3 Å². The summed E-state index contributed by atoms with van der Waals surface area (Å²) in [7, 11) is 0. The van der Waals surface area contributed by atoms with Gasteiger partial charge in [0, 0.05) is 12.1 Å². The third kappa shape index (κ3) is 8.38. The molecule has 1 atom stereocenters. The second kappa shape index (κ2) is 8.16. The Kier molecular flexibility index (Phi) is 7.09. The zero-order valence-corrected chi connectivity index (χ0v) is 15.9. The molecule has 0 radical (unpaired) electrons. The molecule has 0 amide bonds. The van der Waals surface area contributed by atoms with E-state index >= 15 is 0 Å². The lowest BCUT2D eigenvalue weighted by atomic mass is 9.82. The van der Waals surface area contributed by atoms with Crippen molar-refractivity contribution in [1.29, 1.82) is 0 Å². The summed E-state index contributed by atoms with van der Waals surface area (Å²) in [6, 6.07) is 8.10. The number of rotatable bonds is 8. The molecule has 1 unspecified atom stereocenters. The van der Waals surface area contributed by atoms with Crippen LogP contribution in [0.25, 0.3) is 0 Å². The fourth-order valence-corrected chi connectivity index (χ4v) is 2.98. The van der Waals surface area contributed by atoms with E-state index in [1.54, 1.807) is 0 Å². The highest BCUT2D eigenvalue weighted by atomic mass is 16.5. The molecule has 2 N–H and O–H groups in total. The number of ether oxygens (including phenoxy) is 1. The zero-order chi connectivity index (χ0) is 17.7. The predicted octanol–water partition coefficient (Wildman–Crippen LogP) is 4.35. The first-order valence-corrected chi connectivity index (χ1v) is 8.64. The summed E-state index contributed by atoms with van der Waals surface area (Å²) >= 11 is 0. The van der Waals surface area contributed by atoms with Crippen LogP contribution in [0.1, 0.15) is 66.4 Å². The number of aliphatic hydroxyl groups excluding tert-OH is 1. The number of nitrogens with one attached hydrogen (secondary N) is 1. The third-order valence-electron chi connectivity index (χ3n) is 3.78. The van der Waals surface area contributed by atoms with Crippen LogP contribution in [0.2, 0.25) is 0 Å². The summed E-state index contributed by atoms with van der Waals surface area (Å²) in [6.45, 7) is 16.2. The van der Waals surface area contributed by atoms with E-state index in [-0.39, 0.29) is 11.0 Å². The summed E-state index contributed by atoms with van der Waals surface area (Å²) in [4.78, 5) is 0. The predicted molar refractivity (Wildman–Crippen MR) is 98.2 cm³/mol. The van der Waals surface area contributed by atoms with E-state index in [1.165, 1.54) is 5.56 Å². The van der Waals surface area contributed by atoms with E-state index in [0.29, 0.717) is 19.1 Å². The fraction of sp³-hybridized carbons (Fsp3) is 0.700. The summed E-state index contributed by atoms with van der Waals surface area (Å²) in [6.07, 6.45) is 0.531. The SMILES string of the molecule is CC(C)c1ccc(OCC(O)CNC(C)(C)CC(C)(C)C)cc1. The van der Waals surface area contributed by atoms with Crippen LogP contribution in [0.4, 0.5) is 0 Å². The van der Waals surface area contributed by atoms with Crippen LogP contribution in [0.3, 0.4) is 0 Å². The molecule has 132 valence electrons. The monoisotopic (exact) mass is 321 g/mol. The highest BCUT2D eigenvalue weighted by molar-refractivity contribution is 5.28. The summed E-state index contributed by atoms with van der Waals surface area (Å²) in [5, 5.41) is 13.6. The van der Waals surface area contributed by atoms with Gasteiger partial charge in [0.15, 0.2) is 0 Å². The lowest BCUT2D eigenvalue weighted by Crippen LogP contribution is -2.46. The zero-order valence-electron chi connectivity index (χ0n) is 15.9. The Labute approximate surface area is 142 Å². The molecule has 23 heavy (non-hydrogen) atoms. The van der Waals surface area contributed by atoms with Gasteiger partial charge in [0.1, 0.15) is 18.5 Å². The molecule has 0 spiro atoms. The minimum Gasteiger partial charge on any atom is -0.491 e. The number of benzene rings is 1. The van der Waals surface area contributed by atoms with E-state index in [0.717, 1.165) is 12.2 Å². The molecule has 0 heterocycles. The molecule has 0 fully saturated rings. The van der Waals surface area contributed by atoms with Crippen molar-refractivity contribution in [3.05, 3.63) is 29.8 Å². The van der Waals surface area contributed by atoms with Crippen molar-refractivity contribution in [1.82, 2.24) is 5.32 Å². The molecule has 3 heteroatoms. The van der Waals surface area contributed by atoms with Crippen molar-refractivity contribution >= 4 is 0 Å².